The molecule has 2 saturated heterocycles. The Hall–Kier alpha value is -1.14. The van der Waals surface area contributed by atoms with Crippen LogP contribution in [0.25, 0.3) is 0 Å². The van der Waals surface area contributed by atoms with Gasteiger partial charge in [0, 0.05) is 18.7 Å². The predicted octanol–water partition coefficient (Wildman–Crippen LogP) is 3.42. The number of alkyl halides is 3. The maximum Gasteiger partial charge on any atom is 0.416 e. The number of rotatable bonds is 2. The van der Waals surface area contributed by atoms with Crippen molar-refractivity contribution in [2.75, 3.05) is 26.2 Å². The van der Waals surface area contributed by atoms with Crippen molar-refractivity contribution in [1.82, 2.24) is 10.2 Å². The average molecular weight is 316 g/mol. The first-order valence-corrected chi connectivity index (χ1v) is 7.67. The molecule has 2 nitrogen and oxygen atoms in total. The molecule has 1 aromatic carbocycles. The fourth-order valence-corrected chi connectivity index (χ4v) is 3.64. The van der Waals surface area contributed by atoms with Gasteiger partial charge in [-0.1, -0.05) is 0 Å². The molecular formula is C16H20F4N2. The minimum atomic E-state index is -4.43. The van der Waals surface area contributed by atoms with Crippen LogP contribution in [0.5, 0.6) is 0 Å². The van der Waals surface area contributed by atoms with Gasteiger partial charge in [0.1, 0.15) is 5.82 Å². The Morgan fingerprint density at radius 1 is 1.14 bits per heavy atom. The Morgan fingerprint density at radius 3 is 2.55 bits per heavy atom. The molecule has 0 unspecified atom stereocenters. The molecule has 2 heterocycles. The maximum atomic E-state index is 13.8. The fraction of sp³-hybridized carbons (Fsp3) is 0.625. The van der Waals surface area contributed by atoms with E-state index in [1.54, 1.807) is 0 Å². The molecule has 2 aliphatic rings. The van der Waals surface area contributed by atoms with Crippen LogP contribution in [-0.4, -0.2) is 31.1 Å². The van der Waals surface area contributed by atoms with Crippen molar-refractivity contribution < 1.29 is 17.6 Å². The topological polar surface area (TPSA) is 15.3 Å². The Kier molecular flexibility index (Phi) is 4.16. The minimum absolute atomic E-state index is 0.140. The molecule has 1 spiro atoms. The van der Waals surface area contributed by atoms with Crippen molar-refractivity contribution in [2.24, 2.45) is 5.41 Å². The maximum absolute atomic E-state index is 13.8. The van der Waals surface area contributed by atoms with E-state index in [1.807, 2.05) is 0 Å². The van der Waals surface area contributed by atoms with E-state index in [9.17, 15) is 17.6 Å². The van der Waals surface area contributed by atoms with Crippen molar-refractivity contribution in [1.29, 1.82) is 0 Å². The molecular weight excluding hydrogens is 296 g/mol. The second kappa shape index (κ2) is 5.81. The molecule has 2 fully saturated rings. The smallest absolute Gasteiger partial charge is 0.317 e. The highest BCUT2D eigenvalue weighted by Gasteiger charge is 2.39. The number of nitrogens with zero attached hydrogens (tertiary/aromatic N) is 1. The van der Waals surface area contributed by atoms with E-state index >= 15 is 0 Å². The molecule has 0 aromatic heterocycles. The molecule has 22 heavy (non-hydrogen) atoms. The van der Waals surface area contributed by atoms with Crippen molar-refractivity contribution >= 4 is 0 Å². The summed E-state index contributed by atoms with van der Waals surface area (Å²) in [5.74, 6) is -0.556. The summed E-state index contributed by atoms with van der Waals surface area (Å²) < 4.78 is 52.1. The summed E-state index contributed by atoms with van der Waals surface area (Å²) in [5, 5.41) is 3.33. The zero-order valence-corrected chi connectivity index (χ0v) is 12.3. The summed E-state index contributed by atoms with van der Waals surface area (Å²) >= 11 is 0. The summed E-state index contributed by atoms with van der Waals surface area (Å²) in [7, 11) is 0. The molecule has 0 amide bonds. The Labute approximate surface area is 127 Å². The van der Waals surface area contributed by atoms with E-state index in [1.165, 1.54) is 0 Å². The van der Waals surface area contributed by atoms with Crippen molar-refractivity contribution in [3.05, 3.63) is 35.1 Å². The van der Waals surface area contributed by atoms with Gasteiger partial charge in [0.25, 0.3) is 0 Å². The van der Waals surface area contributed by atoms with Crippen molar-refractivity contribution in [2.45, 2.75) is 32.0 Å². The standard InChI is InChI=1S/C16H20F4N2/c17-14-2-1-13(16(18,19)20)9-12(14)10-22-8-5-15(11-22)3-6-21-7-4-15/h1-2,9,21H,3-8,10-11H2. The van der Waals surface area contributed by atoms with Crippen LogP contribution in [-0.2, 0) is 12.7 Å². The van der Waals surface area contributed by atoms with Gasteiger partial charge < -0.3 is 5.32 Å². The van der Waals surface area contributed by atoms with Crippen LogP contribution < -0.4 is 5.32 Å². The third-order valence-electron chi connectivity index (χ3n) is 4.95. The number of likely N-dealkylation sites (tertiary alicyclic amines) is 1. The van der Waals surface area contributed by atoms with Crippen LogP contribution >= 0.6 is 0 Å². The molecule has 1 N–H and O–H groups in total. The predicted molar refractivity (Wildman–Crippen MR) is 75.8 cm³/mol. The molecule has 122 valence electrons. The first-order valence-electron chi connectivity index (χ1n) is 7.67. The van der Waals surface area contributed by atoms with E-state index in [4.69, 9.17) is 0 Å². The van der Waals surface area contributed by atoms with Crippen molar-refractivity contribution in [3.63, 3.8) is 0 Å². The van der Waals surface area contributed by atoms with E-state index in [2.05, 4.69) is 10.2 Å². The molecule has 6 heteroatoms. The Balaban J connectivity index is 1.71. The average Bonchev–Trinajstić information content (AvgIpc) is 2.83. The summed E-state index contributed by atoms with van der Waals surface area (Å²) in [6, 6.07) is 2.67. The van der Waals surface area contributed by atoms with Gasteiger partial charge in [-0.15, -0.1) is 0 Å². The molecule has 0 atom stereocenters. The third-order valence-corrected chi connectivity index (χ3v) is 4.95. The van der Waals surface area contributed by atoms with E-state index in [-0.39, 0.29) is 17.5 Å². The van der Waals surface area contributed by atoms with Crippen molar-refractivity contribution in [3.8, 4) is 0 Å². The number of nitrogens with one attached hydrogen (secondary N) is 1. The van der Waals surface area contributed by atoms with Gasteiger partial charge in [-0.3, -0.25) is 4.90 Å². The molecule has 0 aliphatic carbocycles. The zero-order chi connectivity index (χ0) is 15.8. The molecule has 0 saturated carbocycles. The first kappa shape index (κ1) is 15.7. The quantitative estimate of drug-likeness (QED) is 0.841. The lowest BCUT2D eigenvalue weighted by molar-refractivity contribution is -0.137. The number of halogens is 4. The number of hydrogen-bond donors (Lipinski definition) is 1. The summed E-state index contributed by atoms with van der Waals surface area (Å²) in [6.07, 6.45) is -1.19. The lowest BCUT2D eigenvalue weighted by atomic mass is 9.78. The van der Waals surface area contributed by atoms with E-state index in [0.717, 1.165) is 63.6 Å². The van der Waals surface area contributed by atoms with Crippen LogP contribution in [0, 0.1) is 11.2 Å². The highest BCUT2D eigenvalue weighted by Crippen LogP contribution is 2.39. The van der Waals surface area contributed by atoms with Crippen LogP contribution in [0.1, 0.15) is 30.4 Å². The largest absolute Gasteiger partial charge is 0.416 e. The van der Waals surface area contributed by atoms with Gasteiger partial charge in [-0.2, -0.15) is 13.2 Å². The molecule has 1 aromatic rings. The first-order chi connectivity index (χ1) is 10.4. The second-order valence-electron chi connectivity index (χ2n) is 6.51. The summed E-state index contributed by atoms with van der Waals surface area (Å²) in [4.78, 5) is 2.09. The lowest BCUT2D eigenvalue weighted by Gasteiger charge is -2.34. The van der Waals surface area contributed by atoms with Crippen LogP contribution in [0.15, 0.2) is 18.2 Å². The zero-order valence-electron chi connectivity index (χ0n) is 12.3. The molecule has 2 aliphatic heterocycles. The Bertz CT molecular complexity index is 535. The van der Waals surface area contributed by atoms with Crippen LogP contribution in [0.4, 0.5) is 17.6 Å². The number of piperidine rings is 1. The molecule has 0 radical (unpaired) electrons. The highest BCUT2D eigenvalue weighted by atomic mass is 19.4. The number of benzene rings is 1. The normalized spacial score (nSPS) is 22.4. The summed E-state index contributed by atoms with van der Waals surface area (Å²) in [6.45, 7) is 3.92. The van der Waals surface area contributed by atoms with Gasteiger partial charge in [0.2, 0.25) is 0 Å². The van der Waals surface area contributed by atoms with Crippen LogP contribution in [0.2, 0.25) is 0 Å². The van der Waals surface area contributed by atoms with Gasteiger partial charge in [-0.25, -0.2) is 4.39 Å². The minimum Gasteiger partial charge on any atom is -0.317 e. The fourth-order valence-electron chi connectivity index (χ4n) is 3.64. The van der Waals surface area contributed by atoms with Gasteiger partial charge in [-0.05, 0) is 62.5 Å². The van der Waals surface area contributed by atoms with E-state index in [0.29, 0.717) is 0 Å². The van der Waals surface area contributed by atoms with Gasteiger partial charge >= 0.3 is 6.18 Å². The monoisotopic (exact) mass is 316 g/mol. The van der Waals surface area contributed by atoms with Gasteiger partial charge in [0.05, 0.1) is 5.56 Å². The molecule has 0 bridgehead atoms. The SMILES string of the molecule is Fc1ccc(C(F)(F)F)cc1CN1CCC2(CCNCC2)C1. The summed E-state index contributed by atoms with van der Waals surface area (Å²) in [5.41, 5.74) is -0.371. The second-order valence-corrected chi connectivity index (χ2v) is 6.51. The van der Waals surface area contributed by atoms with Crippen LogP contribution in [0.3, 0.4) is 0 Å². The Morgan fingerprint density at radius 2 is 1.86 bits per heavy atom. The highest BCUT2D eigenvalue weighted by molar-refractivity contribution is 5.27. The van der Waals surface area contributed by atoms with E-state index < -0.39 is 17.6 Å². The van der Waals surface area contributed by atoms with Gasteiger partial charge in [0.15, 0.2) is 0 Å². The lowest BCUT2D eigenvalue weighted by Crippen LogP contribution is -2.38. The third kappa shape index (κ3) is 3.27. The number of hydrogen-bond acceptors (Lipinski definition) is 2. The molecule has 3 rings (SSSR count).